The standard InChI is InChI=1S/C6H5NO2/c7-4-6(5-9)2-1-3-8/h1-3,5,9H. The predicted octanol–water partition coefficient (Wildman–Crippen LogP) is 0.707. The number of aldehydes is 1. The lowest BCUT2D eigenvalue weighted by Crippen LogP contribution is -1.70. The molecule has 0 aromatic heterocycles. The molecule has 9 heavy (non-hydrogen) atoms. The summed E-state index contributed by atoms with van der Waals surface area (Å²) in [5, 5.41) is 16.3. The van der Waals surface area contributed by atoms with E-state index in [4.69, 9.17) is 10.4 Å². The minimum absolute atomic E-state index is 0.0575. The predicted molar refractivity (Wildman–Crippen MR) is 31.5 cm³/mol. The van der Waals surface area contributed by atoms with Gasteiger partial charge in [-0.3, -0.25) is 4.79 Å². The normalized spacial score (nSPS) is 11.2. The Balaban J connectivity index is 4.05. The minimum atomic E-state index is 0.0575. The van der Waals surface area contributed by atoms with Crippen molar-refractivity contribution in [2.24, 2.45) is 0 Å². The molecule has 0 aromatic rings. The summed E-state index contributed by atoms with van der Waals surface area (Å²) < 4.78 is 0. The Labute approximate surface area is 52.5 Å². The summed E-state index contributed by atoms with van der Waals surface area (Å²) in [5.74, 6) is 0. The van der Waals surface area contributed by atoms with Crippen LogP contribution in [0, 0.1) is 11.3 Å². The van der Waals surface area contributed by atoms with Gasteiger partial charge in [0.15, 0.2) is 0 Å². The van der Waals surface area contributed by atoms with Crippen molar-refractivity contribution in [1.29, 1.82) is 5.26 Å². The summed E-state index contributed by atoms with van der Waals surface area (Å²) in [6.07, 6.45) is 3.51. The number of carbonyl (C=O) groups is 1. The fourth-order valence-electron chi connectivity index (χ4n) is 0.252. The second kappa shape index (κ2) is 4.60. The van der Waals surface area contributed by atoms with E-state index in [0.717, 1.165) is 6.08 Å². The Bertz CT molecular complexity index is 186. The third-order valence-electron chi connectivity index (χ3n) is 0.623. The third kappa shape index (κ3) is 3.06. The Morgan fingerprint density at radius 3 is 2.67 bits per heavy atom. The highest BCUT2D eigenvalue weighted by molar-refractivity contribution is 5.66. The molecule has 0 atom stereocenters. The summed E-state index contributed by atoms with van der Waals surface area (Å²) in [6.45, 7) is 0. The van der Waals surface area contributed by atoms with E-state index in [1.165, 1.54) is 6.08 Å². The number of aliphatic hydroxyl groups excluding tert-OH is 1. The molecule has 0 saturated carbocycles. The van der Waals surface area contributed by atoms with Gasteiger partial charge in [-0.05, 0) is 12.2 Å². The van der Waals surface area contributed by atoms with Crippen LogP contribution in [0.3, 0.4) is 0 Å². The summed E-state index contributed by atoms with van der Waals surface area (Å²) >= 11 is 0. The SMILES string of the molecule is N#CC(C=CC=O)=CO. The lowest BCUT2D eigenvalue weighted by Gasteiger charge is -1.77. The lowest BCUT2D eigenvalue weighted by atomic mass is 10.3. The van der Waals surface area contributed by atoms with E-state index >= 15 is 0 Å². The van der Waals surface area contributed by atoms with E-state index in [-0.39, 0.29) is 5.57 Å². The summed E-state index contributed by atoms with van der Waals surface area (Å²) in [4.78, 5) is 9.64. The molecule has 0 aromatic carbocycles. The molecule has 1 N–H and O–H groups in total. The van der Waals surface area contributed by atoms with Gasteiger partial charge in [0.25, 0.3) is 0 Å². The van der Waals surface area contributed by atoms with Gasteiger partial charge in [0.05, 0.1) is 11.8 Å². The van der Waals surface area contributed by atoms with E-state index in [9.17, 15) is 4.79 Å². The van der Waals surface area contributed by atoms with E-state index in [2.05, 4.69) is 0 Å². The van der Waals surface area contributed by atoms with Crippen LogP contribution >= 0.6 is 0 Å². The van der Waals surface area contributed by atoms with E-state index < -0.39 is 0 Å². The quantitative estimate of drug-likeness (QED) is 0.193. The van der Waals surface area contributed by atoms with Gasteiger partial charge in [-0.15, -0.1) is 0 Å². The van der Waals surface area contributed by atoms with Crippen molar-refractivity contribution >= 4 is 6.29 Å². The molecule has 0 aliphatic rings. The number of hydrogen-bond donors (Lipinski definition) is 1. The second-order valence-electron chi connectivity index (χ2n) is 1.19. The van der Waals surface area contributed by atoms with Crippen LogP contribution < -0.4 is 0 Å². The average Bonchev–Trinajstić information content (AvgIpc) is 1.91. The first-order chi connectivity index (χ1) is 4.35. The average molecular weight is 123 g/mol. The van der Waals surface area contributed by atoms with E-state index in [1.54, 1.807) is 6.07 Å². The maximum atomic E-state index is 9.64. The number of rotatable bonds is 2. The van der Waals surface area contributed by atoms with Gasteiger partial charge in [-0.1, -0.05) is 0 Å². The number of nitriles is 1. The highest BCUT2D eigenvalue weighted by atomic mass is 16.2. The first kappa shape index (κ1) is 7.44. The van der Waals surface area contributed by atoms with Gasteiger partial charge in [0.2, 0.25) is 0 Å². The maximum absolute atomic E-state index is 9.64. The molecular formula is C6H5NO2. The number of hydrogen-bond acceptors (Lipinski definition) is 3. The molecule has 0 aliphatic heterocycles. The minimum Gasteiger partial charge on any atom is -0.514 e. The van der Waals surface area contributed by atoms with Crippen LogP contribution in [0.5, 0.6) is 0 Å². The van der Waals surface area contributed by atoms with Gasteiger partial charge in [0.1, 0.15) is 12.4 Å². The van der Waals surface area contributed by atoms with Gasteiger partial charge in [-0.2, -0.15) is 5.26 Å². The third-order valence-corrected chi connectivity index (χ3v) is 0.623. The Morgan fingerprint density at radius 2 is 2.33 bits per heavy atom. The Kier molecular flexibility index (Phi) is 3.80. The number of aliphatic hydroxyl groups is 1. The van der Waals surface area contributed by atoms with Gasteiger partial charge >= 0.3 is 0 Å². The first-order valence-electron chi connectivity index (χ1n) is 2.21. The number of nitrogens with zero attached hydrogens (tertiary/aromatic N) is 1. The van der Waals surface area contributed by atoms with Crippen molar-refractivity contribution < 1.29 is 9.90 Å². The van der Waals surface area contributed by atoms with Crippen LogP contribution in [-0.4, -0.2) is 11.4 Å². The smallest absolute Gasteiger partial charge is 0.142 e. The van der Waals surface area contributed by atoms with Crippen LogP contribution in [0.1, 0.15) is 0 Å². The van der Waals surface area contributed by atoms with Crippen molar-refractivity contribution in [3.63, 3.8) is 0 Å². The van der Waals surface area contributed by atoms with Crippen molar-refractivity contribution in [3.05, 3.63) is 24.0 Å². The van der Waals surface area contributed by atoms with Crippen LogP contribution in [0.15, 0.2) is 24.0 Å². The molecule has 0 aliphatic carbocycles. The van der Waals surface area contributed by atoms with Crippen molar-refractivity contribution in [1.82, 2.24) is 0 Å². The van der Waals surface area contributed by atoms with Gasteiger partial charge in [-0.25, -0.2) is 0 Å². The summed E-state index contributed by atoms with van der Waals surface area (Å²) in [5.41, 5.74) is 0.0575. The molecule has 0 saturated heterocycles. The monoisotopic (exact) mass is 123 g/mol. The molecule has 0 spiro atoms. The van der Waals surface area contributed by atoms with Gasteiger partial charge in [0, 0.05) is 0 Å². The highest BCUT2D eigenvalue weighted by Crippen LogP contribution is 1.89. The zero-order chi connectivity index (χ0) is 7.11. The molecule has 0 heterocycles. The molecule has 3 heteroatoms. The lowest BCUT2D eigenvalue weighted by molar-refractivity contribution is -0.104. The highest BCUT2D eigenvalue weighted by Gasteiger charge is 1.82. The molecular weight excluding hydrogens is 118 g/mol. The molecule has 0 radical (unpaired) electrons. The molecule has 0 fully saturated rings. The fraction of sp³-hybridized carbons (Fsp3) is 0. The van der Waals surface area contributed by atoms with E-state index in [0.29, 0.717) is 12.5 Å². The molecule has 0 rings (SSSR count). The topological polar surface area (TPSA) is 61.1 Å². The van der Waals surface area contributed by atoms with Crippen molar-refractivity contribution in [2.45, 2.75) is 0 Å². The largest absolute Gasteiger partial charge is 0.514 e. The fourth-order valence-corrected chi connectivity index (χ4v) is 0.252. The zero-order valence-corrected chi connectivity index (χ0v) is 4.61. The molecule has 46 valence electrons. The van der Waals surface area contributed by atoms with Crippen LogP contribution in [0.2, 0.25) is 0 Å². The first-order valence-corrected chi connectivity index (χ1v) is 2.21. The van der Waals surface area contributed by atoms with Crippen molar-refractivity contribution in [2.75, 3.05) is 0 Å². The Hall–Kier alpha value is -1.56. The van der Waals surface area contributed by atoms with Crippen molar-refractivity contribution in [3.8, 4) is 6.07 Å². The van der Waals surface area contributed by atoms with Gasteiger partial charge < -0.3 is 5.11 Å². The maximum Gasteiger partial charge on any atom is 0.142 e. The van der Waals surface area contributed by atoms with E-state index in [1.807, 2.05) is 0 Å². The van der Waals surface area contributed by atoms with Crippen LogP contribution in [0.25, 0.3) is 0 Å². The Morgan fingerprint density at radius 1 is 1.67 bits per heavy atom. The zero-order valence-electron chi connectivity index (χ0n) is 4.61. The second-order valence-corrected chi connectivity index (χ2v) is 1.19. The summed E-state index contributed by atoms with van der Waals surface area (Å²) in [7, 11) is 0. The number of allylic oxidation sites excluding steroid dienone is 3. The summed E-state index contributed by atoms with van der Waals surface area (Å²) in [6, 6.07) is 1.65. The molecule has 0 unspecified atom stereocenters. The molecule has 0 bridgehead atoms. The number of carbonyl (C=O) groups excluding carboxylic acids is 1. The van der Waals surface area contributed by atoms with Crippen LogP contribution in [0.4, 0.5) is 0 Å². The van der Waals surface area contributed by atoms with Crippen LogP contribution in [-0.2, 0) is 4.79 Å². The molecule has 0 amide bonds. The molecule has 3 nitrogen and oxygen atoms in total.